The first kappa shape index (κ1) is 19.4. The maximum Gasteiger partial charge on any atom is 0.274 e. The van der Waals surface area contributed by atoms with E-state index in [0.717, 1.165) is 18.5 Å². The van der Waals surface area contributed by atoms with Gasteiger partial charge < -0.3 is 15.5 Å². The third kappa shape index (κ3) is 5.54. The van der Waals surface area contributed by atoms with Crippen LogP contribution < -0.4 is 10.6 Å². The first-order valence-electron chi connectivity index (χ1n) is 8.79. The molecular formula is C19H25N5O2. The van der Waals surface area contributed by atoms with Crippen molar-refractivity contribution in [3.63, 3.8) is 0 Å². The van der Waals surface area contributed by atoms with Crippen molar-refractivity contribution in [2.45, 2.75) is 33.6 Å². The van der Waals surface area contributed by atoms with E-state index < -0.39 is 0 Å². The van der Waals surface area contributed by atoms with Crippen LogP contribution in [0.5, 0.6) is 0 Å². The Kier molecular flexibility index (Phi) is 7.08. The molecule has 0 aliphatic heterocycles. The Morgan fingerprint density at radius 2 is 1.73 bits per heavy atom. The summed E-state index contributed by atoms with van der Waals surface area (Å²) in [6.07, 6.45) is 4.84. The minimum absolute atomic E-state index is 0.0968. The molecular weight excluding hydrogens is 330 g/mol. The number of hydrogen-bond donors (Lipinski definition) is 2. The summed E-state index contributed by atoms with van der Waals surface area (Å²) in [5, 5.41) is 5.84. The lowest BCUT2D eigenvalue weighted by atomic mass is 10.2. The quantitative estimate of drug-likeness (QED) is 0.757. The highest BCUT2D eigenvalue weighted by Gasteiger charge is 2.16. The van der Waals surface area contributed by atoms with Gasteiger partial charge in [-0.25, -0.2) is 9.97 Å². The van der Waals surface area contributed by atoms with Crippen molar-refractivity contribution in [3.8, 4) is 0 Å². The zero-order valence-electron chi connectivity index (χ0n) is 15.5. The van der Waals surface area contributed by atoms with Gasteiger partial charge in [-0.15, -0.1) is 0 Å². The van der Waals surface area contributed by atoms with E-state index in [1.807, 2.05) is 26.0 Å². The van der Waals surface area contributed by atoms with Crippen molar-refractivity contribution in [2.24, 2.45) is 0 Å². The Balaban J connectivity index is 2.07. The predicted molar refractivity (Wildman–Crippen MR) is 103 cm³/mol. The second kappa shape index (κ2) is 9.50. The highest BCUT2D eigenvalue weighted by Crippen LogP contribution is 2.18. The van der Waals surface area contributed by atoms with Crippen molar-refractivity contribution < 1.29 is 9.59 Å². The monoisotopic (exact) mass is 355 g/mol. The van der Waals surface area contributed by atoms with E-state index in [1.165, 1.54) is 19.3 Å². The Hall–Kier alpha value is -2.96. The van der Waals surface area contributed by atoms with Crippen LogP contribution in [0.1, 0.15) is 44.1 Å². The van der Waals surface area contributed by atoms with Crippen LogP contribution in [0.25, 0.3) is 0 Å². The Labute approximate surface area is 153 Å². The number of hydrogen-bond acceptors (Lipinski definition) is 5. The number of nitrogens with zero attached hydrogens (tertiary/aromatic N) is 3. The summed E-state index contributed by atoms with van der Waals surface area (Å²) in [6, 6.07) is 7.28. The van der Waals surface area contributed by atoms with Crippen molar-refractivity contribution >= 4 is 29.0 Å². The Bertz CT molecular complexity index is 740. The van der Waals surface area contributed by atoms with Gasteiger partial charge in [-0.1, -0.05) is 19.9 Å². The van der Waals surface area contributed by atoms with Crippen molar-refractivity contribution in [2.75, 3.05) is 23.7 Å². The number of aromatic nitrogens is 2. The van der Waals surface area contributed by atoms with Crippen LogP contribution in [-0.2, 0) is 4.79 Å². The fraction of sp³-hybridized carbons (Fsp3) is 0.368. The second-order valence-electron chi connectivity index (χ2n) is 5.97. The van der Waals surface area contributed by atoms with E-state index in [0.29, 0.717) is 30.3 Å². The van der Waals surface area contributed by atoms with Crippen molar-refractivity contribution in [3.05, 3.63) is 42.4 Å². The van der Waals surface area contributed by atoms with Gasteiger partial charge in [0, 0.05) is 31.4 Å². The number of carbonyl (C=O) groups is 2. The van der Waals surface area contributed by atoms with Gasteiger partial charge in [0.25, 0.3) is 5.91 Å². The van der Waals surface area contributed by atoms with Crippen molar-refractivity contribution in [1.82, 2.24) is 14.9 Å². The molecule has 2 aromatic rings. The number of amides is 2. The third-order valence-corrected chi connectivity index (χ3v) is 3.60. The number of anilines is 3. The highest BCUT2D eigenvalue weighted by molar-refractivity contribution is 5.92. The van der Waals surface area contributed by atoms with E-state index in [9.17, 15) is 9.59 Å². The maximum absolute atomic E-state index is 12.5. The molecule has 1 heterocycles. The standard InChI is InChI=1S/C19H25N5O2/c1-4-9-24(10-5-2)19(26)17-12-21-18(13-20-17)23-16-8-6-7-15(11-16)22-14(3)25/h6-8,11-13H,4-5,9-10H2,1-3H3,(H,21,23)(H,22,25). The highest BCUT2D eigenvalue weighted by atomic mass is 16.2. The molecule has 7 nitrogen and oxygen atoms in total. The first-order chi connectivity index (χ1) is 12.5. The lowest BCUT2D eigenvalue weighted by Gasteiger charge is -2.20. The van der Waals surface area contributed by atoms with Gasteiger partial charge in [-0.2, -0.15) is 0 Å². The minimum Gasteiger partial charge on any atom is -0.339 e. The average Bonchev–Trinajstić information content (AvgIpc) is 2.61. The Morgan fingerprint density at radius 1 is 1.04 bits per heavy atom. The molecule has 0 atom stereocenters. The molecule has 138 valence electrons. The Morgan fingerprint density at radius 3 is 2.31 bits per heavy atom. The first-order valence-corrected chi connectivity index (χ1v) is 8.79. The van der Waals surface area contributed by atoms with E-state index in [2.05, 4.69) is 20.6 Å². The van der Waals surface area contributed by atoms with Gasteiger partial charge in [0.15, 0.2) is 0 Å². The maximum atomic E-state index is 12.5. The zero-order chi connectivity index (χ0) is 18.9. The molecule has 1 aromatic heterocycles. The van der Waals surface area contributed by atoms with Crippen LogP contribution in [0.4, 0.5) is 17.2 Å². The molecule has 7 heteroatoms. The van der Waals surface area contributed by atoms with Crippen LogP contribution in [0.2, 0.25) is 0 Å². The fourth-order valence-electron chi connectivity index (χ4n) is 2.55. The van der Waals surface area contributed by atoms with E-state index in [1.54, 1.807) is 17.0 Å². The van der Waals surface area contributed by atoms with Gasteiger partial charge in [-0.3, -0.25) is 9.59 Å². The largest absolute Gasteiger partial charge is 0.339 e. The number of rotatable bonds is 8. The molecule has 0 saturated carbocycles. The molecule has 0 unspecified atom stereocenters. The summed E-state index contributed by atoms with van der Waals surface area (Å²) in [6.45, 7) is 6.98. The summed E-state index contributed by atoms with van der Waals surface area (Å²) < 4.78 is 0. The molecule has 0 spiro atoms. The van der Waals surface area contributed by atoms with Gasteiger partial charge in [-0.05, 0) is 31.0 Å². The zero-order valence-corrected chi connectivity index (χ0v) is 15.5. The molecule has 1 aromatic carbocycles. The smallest absolute Gasteiger partial charge is 0.274 e. The van der Waals surface area contributed by atoms with Crippen molar-refractivity contribution in [1.29, 1.82) is 0 Å². The lowest BCUT2D eigenvalue weighted by molar-refractivity contribution is -0.114. The summed E-state index contributed by atoms with van der Waals surface area (Å²) >= 11 is 0. The SMILES string of the molecule is CCCN(CCC)C(=O)c1cnc(Nc2cccc(NC(C)=O)c2)cn1. The minimum atomic E-state index is -0.131. The van der Waals surface area contributed by atoms with Gasteiger partial charge in [0.1, 0.15) is 11.5 Å². The lowest BCUT2D eigenvalue weighted by Crippen LogP contribution is -2.33. The van der Waals surface area contributed by atoms with Crippen LogP contribution in [-0.4, -0.2) is 39.8 Å². The van der Waals surface area contributed by atoms with Crippen LogP contribution >= 0.6 is 0 Å². The topological polar surface area (TPSA) is 87.2 Å². The van der Waals surface area contributed by atoms with Gasteiger partial charge in [0.2, 0.25) is 5.91 Å². The van der Waals surface area contributed by atoms with E-state index in [4.69, 9.17) is 0 Å². The molecule has 0 aliphatic carbocycles. The number of benzene rings is 1. The summed E-state index contributed by atoms with van der Waals surface area (Å²) in [4.78, 5) is 34.0. The normalized spacial score (nSPS) is 10.3. The van der Waals surface area contributed by atoms with E-state index in [-0.39, 0.29) is 11.8 Å². The molecule has 2 rings (SSSR count). The molecule has 26 heavy (non-hydrogen) atoms. The van der Waals surface area contributed by atoms with Crippen LogP contribution in [0.3, 0.4) is 0 Å². The summed E-state index contributed by atoms with van der Waals surface area (Å²) in [7, 11) is 0. The molecule has 0 fully saturated rings. The summed E-state index contributed by atoms with van der Waals surface area (Å²) in [5.74, 6) is 0.299. The van der Waals surface area contributed by atoms with E-state index >= 15 is 0 Å². The predicted octanol–water partition coefficient (Wildman–Crippen LogP) is 3.44. The fourth-order valence-corrected chi connectivity index (χ4v) is 2.55. The summed E-state index contributed by atoms with van der Waals surface area (Å²) in [5.41, 5.74) is 1.80. The molecule has 2 N–H and O–H groups in total. The molecule has 0 bridgehead atoms. The number of nitrogens with one attached hydrogen (secondary N) is 2. The molecule has 0 aliphatic rings. The van der Waals surface area contributed by atoms with Crippen LogP contribution in [0, 0.1) is 0 Å². The molecule has 0 saturated heterocycles. The van der Waals surface area contributed by atoms with Gasteiger partial charge >= 0.3 is 0 Å². The average molecular weight is 355 g/mol. The number of carbonyl (C=O) groups excluding carboxylic acids is 2. The van der Waals surface area contributed by atoms with Crippen LogP contribution in [0.15, 0.2) is 36.7 Å². The molecule has 2 amide bonds. The second-order valence-corrected chi connectivity index (χ2v) is 5.97. The van der Waals surface area contributed by atoms with Gasteiger partial charge in [0.05, 0.1) is 12.4 Å². The third-order valence-electron chi connectivity index (χ3n) is 3.60. The molecule has 0 radical (unpaired) electrons.